The normalized spacial score (nSPS) is 21.8. The summed E-state index contributed by atoms with van der Waals surface area (Å²) < 4.78 is 6.08. The number of carbonyl (C=O) groups excluding carboxylic acids is 2. The summed E-state index contributed by atoms with van der Waals surface area (Å²) in [5.41, 5.74) is 2.20. The first-order valence-electron chi connectivity index (χ1n) is 12.5. The van der Waals surface area contributed by atoms with E-state index in [1.165, 1.54) is 0 Å². The highest BCUT2D eigenvalue weighted by atomic mass is 35.5. The summed E-state index contributed by atoms with van der Waals surface area (Å²) in [6, 6.07) is 18.7. The molecule has 2 aliphatic rings. The molecule has 1 aromatic heterocycles. The van der Waals surface area contributed by atoms with Gasteiger partial charge < -0.3 is 14.5 Å². The lowest BCUT2D eigenvalue weighted by molar-refractivity contribution is -0.119. The Kier molecular flexibility index (Phi) is 7.40. The molecule has 3 aromatic rings. The van der Waals surface area contributed by atoms with Gasteiger partial charge in [0.15, 0.2) is 0 Å². The molecule has 0 saturated carbocycles. The number of hydrogen-bond donors (Lipinski definition) is 0. The Labute approximate surface area is 227 Å². The molecule has 2 atom stereocenters. The molecule has 8 heteroatoms. The topological polar surface area (TPSA) is 62.7 Å². The van der Waals surface area contributed by atoms with Gasteiger partial charge in [0.25, 0.3) is 5.91 Å². The van der Waals surface area contributed by atoms with Gasteiger partial charge in [0, 0.05) is 65.9 Å². The zero-order chi connectivity index (χ0) is 26.0. The van der Waals surface area contributed by atoms with Gasteiger partial charge in [0.2, 0.25) is 11.8 Å². The van der Waals surface area contributed by atoms with Crippen molar-refractivity contribution >= 4 is 40.7 Å². The van der Waals surface area contributed by atoms with Crippen molar-refractivity contribution in [2.24, 2.45) is 5.41 Å². The first-order valence-corrected chi connectivity index (χ1v) is 13.3. The summed E-state index contributed by atoms with van der Waals surface area (Å²) in [5, 5.41) is 1.22. The largest absolute Gasteiger partial charge is 0.477 e. The van der Waals surface area contributed by atoms with Crippen LogP contribution in [-0.2, 0) is 4.79 Å². The fourth-order valence-corrected chi connectivity index (χ4v) is 5.52. The SMILES string of the molecule is CC1(COc2ccc(Cl)cn2)CN(C(=O)c2ccc(N3CCCCC3=O)cc2)CC1c1ccc(Cl)cc1. The quantitative estimate of drug-likeness (QED) is 0.373. The van der Waals surface area contributed by atoms with Crippen LogP contribution in [-0.4, -0.2) is 47.9 Å². The van der Waals surface area contributed by atoms with Gasteiger partial charge in [-0.25, -0.2) is 4.98 Å². The van der Waals surface area contributed by atoms with Crippen LogP contribution in [0.5, 0.6) is 5.88 Å². The molecule has 6 nitrogen and oxygen atoms in total. The minimum absolute atomic E-state index is 0.0381. The molecule has 2 fully saturated rings. The van der Waals surface area contributed by atoms with E-state index in [2.05, 4.69) is 11.9 Å². The summed E-state index contributed by atoms with van der Waals surface area (Å²) in [4.78, 5) is 33.8. The second-order valence-electron chi connectivity index (χ2n) is 10.1. The molecule has 5 rings (SSSR count). The Morgan fingerprint density at radius 1 is 1.03 bits per heavy atom. The number of aromatic nitrogens is 1. The maximum atomic E-state index is 13.6. The van der Waals surface area contributed by atoms with Gasteiger partial charge in [0.05, 0.1) is 11.6 Å². The van der Waals surface area contributed by atoms with Gasteiger partial charge in [-0.15, -0.1) is 0 Å². The van der Waals surface area contributed by atoms with Crippen molar-refractivity contribution in [1.82, 2.24) is 9.88 Å². The number of benzene rings is 2. The highest BCUT2D eigenvalue weighted by Crippen LogP contribution is 2.44. The van der Waals surface area contributed by atoms with Gasteiger partial charge in [0.1, 0.15) is 0 Å². The van der Waals surface area contributed by atoms with Crippen molar-refractivity contribution in [3.63, 3.8) is 0 Å². The Balaban J connectivity index is 1.35. The first-order chi connectivity index (χ1) is 17.8. The van der Waals surface area contributed by atoms with Gasteiger partial charge >= 0.3 is 0 Å². The average molecular weight is 538 g/mol. The summed E-state index contributed by atoms with van der Waals surface area (Å²) >= 11 is 12.1. The van der Waals surface area contributed by atoms with Crippen LogP contribution in [0.3, 0.4) is 0 Å². The number of rotatable bonds is 6. The van der Waals surface area contributed by atoms with Gasteiger partial charge in [-0.1, -0.05) is 42.3 Å². The van der Waals surface area contributed by atoms with E-state index in [0.29, 0.717) is 47.6 Å². The lowest BCUT2D eigenvalue weighted by Crippen LogP contribution is -2.35. The Morgan fingerprint density at radius 2 is 1.76 bits per heavy atom. The van der Waals surface area contributed by atoms with Crippen LogP contribution >= 0.6 is 23.2 Å². The third-order valence-electron chi connectivity index (χ3n) is 7.36. The Hall–Kier alpha value is -3.09. The highest BCUT2D eigenvalue weighted by molar-refractivity contribution is 6.30. The molecule has 2 aliphatic heterocycles. The molecule has 2 unspecified atom stereocenters. The lowest BCUT2D eigenvalue weighted by atomic mass is 9.77. The molecule has 3 heterocycles. The number of piperidine rings is 1. The second kappa shape index (κ2) is 10.7. The number of amides is 2. The van der Waals surface area contributed by atoms with Crippen molar-refractivity contribution in [2.45, 2.75) is 32.1 Å². The summed E-state index contributed by atoms with van der Waals surface area (Å²) in [5.74, 6) is 0.643. The molecule has 2 aromatic carbocycles. The smallest absolute Gasteiger partial charge is 0.253 e. The predicted molar refractivity (Wildman–Crippen MR) is 146 cm³/mol. The van der Waals surface area contributed by atoms with E-state index in [4.69, 9.17) is 27.9 Å². The zero-order valence-electron chi connectivity index (χ0n) is 20.7. The minimum Gasteiger partial charge on any atom is -0.477 e. The van der Waals surface area contributed by atoms with E-state index in [-0.39, 0.29) is 23.1 Å². The fraction of sp³-hybridized carbons (Fsp3) is 0.345. The van der Waals surface area contributed by atoms with Crippen molar-refractivity contribution in [3.8, 4) is 5.88 Å². The van der Waals surface area contributed by atoms with Crippen LogP contribution in [0, 0.1) is 5.41 Å². The van der Waals surface area contributed by atoms with Crippen molar-refractivity contribution in [2.75, 3.05) is 31.1 Å². The summed E-state index contributed by atoms with van der Waals surface area (Å²) in [6.45, 7) is 4.33. The maximum absolute atomic E-state index is 13.6. The number of hydrogen-bond acceptors (Lipinski definition) is 4. The molecular weight excluding hydrogens is 509 g/mol. The molecule has 0 spiro atoms. The van der Waals surface area contributed by atoms with Crippen molar-refractivity contribution < 1.29 is 14.3 Å². The lowest BCUT2D eigenvalue weighted by Gasteiger charge is -2.30. The number of nitrogens with zero attached hydrogens (tertiary/aromatic N) is 3. The molecule has 0 bridgehead atoms. The van der Waals surface area contributed by atoms with Crippen molar-refractivity contribution in [3.05, 3.63) is 88.0 Å². The van der Waals surface area contributed by atoms with E-state index >= 15 is 0 Å². The molecule has 2 saturated heterocycles. The van der Waals surface area contributed by atoms with E-state index in [1.807, 2.05) is 58.3 Å². The molecule has 0 aliphatic carbocycles. The van der Waals surface area contributed by atoms with E-state index in [0.717, 1.165) is 30.6 Å². The second-order valence-corrected chi connectivity index (χ2v) is 11.0. The van der Waals surface area contributed by atoms with Gasteiger partial charge in [-0.3, -0.25) is 9.59 Å². The Bertz CT molecular complexity index is 1270. The number of likely N-dealkylation sites (tertiary alicyclic amines) is 1. The first kappa shape index (κ1) is 25.6. The van der Waals surface area contributed by atoms with Crippen LogP contribution in [0.4, 0.5) is 5.69 Å². The van der Waals surface area contributed by atoms with Gasteiger partial charge in [-0.05, 0) is 60.9 Å². The maximum Gasteiger partial charge on any atom is 0.253 e. The number of anilines is 1. The van der Waals surface area contributed by atoms with Crippen LogP contribution in [0.25, 0.3) is 0 Å². The van der Waals surface area contributed by atoms with Gasteiger partial charge in [-0.2, -0.15) is 0 Å². The van der Waals surface area contributed by atoms with E-state index in [9.17, 15) is 9.59 Å². The number of carbonyl (C=O) groups is 2. The van der Waals surface area contributed by atoms with Crippen LogP contribution in [0.1, 0.15) is 48.0 Å². The molecule has 2 amide bonds. The third kappa shape index (κ3) is 5.60. The molecular formula is C29H29Cl2N3O3. The number of halogens is 2. The number of pyridine rings is 1. The van der Waals surface area contributed by atoms with Crippen molar-refractivity contribution in [1.29, 1.82) is 0 Å². The highest BCUT2D eigenvalue weighted by Gasteiger charge is 2.46. The molecule has 37 heavy (non-hydrogen) atoms. The zero-order valence-corrected chi connectivity index (χ0v) is 22.2. The summed E-state index contributed by atoms with van der Waals surface area (Å²) in [7, 11) is 0. The summed E-state index contributed by atoms with van der Waals surface area (Å²) in [6.07, 6.45) is 4.07. The molecule has 192 valence electrons. The monoisotopic (exact) mass is 537 g/mol. The average Bonchev–Trinajstić information content (AvgIpc) is 3.26. The van der Waals surface area contributed by atoms with E-state index in [1.54, 1.807) is 18.3 Å². The standard InChI is InChI=1S/C29H29Cl2N3O3/c1-29(19-37-26-14-11-23(31)16-32-26)18-33(17-25(29)20-5-9-22(30)10-6-20)28(36)21-7-12-24(13-8-21)34-15-3-2-4-27(34)35/h5-14,16,25H,2-4,15,17-19H2,1H3. The van der Waals surface area contributed by atoms with Crippen LogP contribution in [0.2, 0.25) is 10.0 Å². The van der Waals surface area contributed by atoms with E-state index < -0.39 is 0 Å². The van der Waals surface area contributed by atoms with Crippen LogP contribution < -0.4 is 9.64 Å². The molecule has 0 N–H and O–H groups in total. The third-order valence-corrected chi connectivity index (χ3v) is 7.83. The Morgan fingerprint density at radius 3 is 2.43 bits per heavy atom. The predicted octanol–water partition coefficient (Wildman–Crippen LogP) is 6.23. The number of ether oxygens (including phenoxy) is 1. The van der Waals surface area contributed by atoms with Crippen LogP contribution in [0.15, 0.2) is 66.9 Å². The molecule has 0 radical (unpaired) electrons. The fourth-order valence-electron chi connectivity index (χ4n) is 5.29. The minimum atomic E-state index is -0.356.